The normalized spacial score (nSPS) is 10.8. The predicted octanol–water partition coefficient (Wildman–Crippen LogP) is 6.65. The average molecular weight is 447 g/mol. The molecular weight excluding hydrogens is 425 g/mol. The van der Waals surface area contributed by atoms with Crippen molar-refractivity contribution in [3.05, 3.63) is 78.1 Å². The van der Waals surface area contributed by atoms with E-state index in [1.165, 1.54) is 24.3 Å². The Bertz CT molecular complexity index is 1300. The van der Waals surface area contributed by atoms with E-state index in [-0.39, 0.29) is 24.5 Å². The van der Waals surface area contributed by atoms with Gasteiger partial charge in [-0.1, -0.05) is 30.3 Å². The van der Waals surface area contributed by atoms with E-state index in [9.17, 15) is 14.0 Å². The standard InChI is InChI=1S/C26H22FNO5/c1-3-31-25(29)23-20-14-19(16-8-6-5-7-9-16)21(28-26(30)32-4-2)15-22(20)33-24(23)17-10-12-18(27)13-11-17/h5-15H,3-4H2,1-2H3,(H,28,30). The van der Waals surface area contributed by atoms with E-state index in [1.807, 2.05) is 30.3 Å². The second-order valence-corrected chi connectivity index (χ2v) is 7.14. The van der Waals surface area contributed by atoms with Gasteiger partial charge in [0, 0.05) is 22.6 Å². The Kier molecular flexibility index (Phi) is 6.40. The third kappa shape index (κ3) is 4.57. The molecule has 0 aliphatic heterocycles. The number of hydrogen-bond acceptors (Lipinski definition) is 5. The molecule has 1 amide bonds. The molecule has 0 unspecified atom stereocenters. The van der Waals surface area contributed by atoms with Crippen LogP contribution < -0.4 is 5.32 Å². The lowest BCUT2D eigenvalue weighted by molar-refractivity contribution is 0.0528. The van der Waals surface area contributed by atoms with Crippen LogP contribution in [0.5, 0.6) is 0 Å². The molecule has 0 bridgehead atoms. The van der Waals surface area contributed by atoms with Gasteiger partial charge in [0.25, 0.3) is 0 Å². The van der Waals surface area contributed by atoms with Gasteiger partial charge in [-0.15, -0.1) is 0 Å². The van der Waals surface area contributed by atoms with Crippen molar-refractivity contribution in [3.8, 4) is 22.5 Å². The number of hydrogen-bond donors (Lipinski definition) is 1. The molecule has 1 N–H and O–H groups in total. The molecule has 0 spiro atoms. The highest BCUT2D eigenvalue weighted by Crippen LogP contribution is 2.40. The van der Waals surface area contributed by atoms with Crippen LogP contribution in [0.1, 0.15) is 24.2 Å². The lowest BCUT2D eigenvalue weighted by Crippen LogP contribution is -2.14. The van der Waals surface area contributed by atoms with Gasteiger partial charge in [-0.2, -0.15) is 0 Å². The molecule has 1 heterocycles. The quantitative estimate of drug-likeness (QED) is 0.335. The fourth-order valence-electron chi connectivity index (χ4n) is 3.59. The smallest absolute Gasteiger partial charge is 0.411 e. The first-order chi connectivity index (χ1) is 16.0. The summed E-state index contributed by atoms with van der Waals surface area (Å²) < 4.78 is 29.9. The Balaban J connectivity index is 1.97. The summed E-state index contributed by atoms with van der Waals surface area (Å²) in [4.78, 5) is 25.1. The number of carbonyl (C=O) groups excluding carboxylic acids is 2. The lowest BCUT2D eigenvalue weighted by Gasteiger charge is -2.12. The Hall–Kier alpha value is -4.13. The Labute approximate surface area is 189 Å². The van der Waals surface area contributed by atoms with Crippen molar-refractivity contribution in [2.45, 2.75) is 13.8 Å². The summed E-state index contributed by atoms with van der Waals surface area (Å²) in [6.45, 7) is 3.84. The molecule has 4 aromatic rings. The SMILES string of the molecule is CCOC(=O)Nc1cc2oc(-c3ccc(F)cc3)c(C(=O)OCC)c2cc1-c1ccccc1. The van der Waals surface area contributed by atoms with Gasteiger partial charge < -0.3 is 13.9 Å². The highest BCUT2D eigenvalue weighted by Gasteiger charge is 2.25. The van der Waals surface area contributed by atoms with Gasteiger partial charge in [-0.25, -0.2) is 14.0 Å². The van der Waals surface area contributed by atoms with E-state index >= 15 is 0 Å². The maximum Gasteiger partial charge on any atom is 0.411 e. The van der Waals surface area contributed by atoms with Gasteiger partial charge >= 0.3 is 12.1 Å². The van der Waals surface area contributed by atoms with E-state index in [0.29, 0.717) is 27.8 Å². The molecule has 0 saturated heterocycles. The van der Waals surface area contributed by atoms with Crippen molar-refractivity contribution >= 4 is 28.7 Å². The van der Waals surface area contributed by atoms with E-state index < -0.39 is 17.9 Å². The van der Waals surface area contributed by atoms with Crippen LogP contribution in [-0.2, 0) is 9.47 Å². The van der Waals surface area contributed by atoms with Crippen LogP contribution >= 0.6 is 0 Å². The number of anilines is 1. The monoisotopic (exact) mass is 447 g/mol. The summed E-state index contributed by atoms with van der Waals surface area (Å²) in [6, 6.07) is 18.5. The van der Waals surface area contributed by atoms with Crippen molar-refractivity contribution in [3.63, 3.8) is 0 Å². The maximum atomic E-state index is 13.5. The van der Waals surface area contributed by atoms with E-state index in [4.69, 9.17) is 13.9 Å². The number of carbonyl (C=O) groups is 2. The van der Waals surface area contributed by atoms with Gasteiger partial charge in [0.15, 0.2) is 0 Å². The summed E-state index contributed by atoms with van der Waals surface area (Å²) >= 11 is 0. The summed E-state index contributed by atoms with van der Waals surface area (Å²) in [6.07, 6.45) is -0.607. The third-order valence-electron chi connectivity index (χ3n) is 5.01. The minimum atomic E-state index is -0.607. The zero-order valence-corrected chi connectivity index (χ0v) is 18.2. The molecule has 7 heteroatoms. The Morgan fingerprint density at radius 1 is 0.909 bits per heavy atom. The molecule has 168 valence electrons. The molecule has 0 atom stereocenters. The molecule has 33 heavy (non-hydrogen) atoms. The molecule has 0 aliphatic carbocycles. The summed E-state index contributed by atoms with van der Waals surface area (Å²) in [5.74, 6) is -0.698. The van der Waals surface area contributed by atoms with Crippen LogP contribution in [0.3, 0.4) is 0 Å². The molecule has 4 rings (SSSR count). The van der Waals surface area contributed by atoms with Crippen molar-refractivity contribution in [2.24, 2.45) is 0 Å². The maximum absolute atomic E-state index is 13.5. The van der Waals surface area contributed by atoms with Crippen molar-refractivity contribution < 1.29 is 27.9 Å². The van der Waals surface area contributed by atoms with Crippen LogP contribution in [0, 0.1) is 5.82 Å². The number of esters is 1. The predicted molar refractivity (Wildman–Crippen MR) is 124 cm³/mol. The zero-order valence-electron chi connectivity index (χ0n) is 18.2. The van der Waals surface area contributed by atoms with Crippen LogP contribution in [0.15, 0.2) is 71.1 Å². The molecule has 0 aliphatic rings. The molecule has 0 fully saturated rings. The van der Waals surface area contributed by atoms with E-state index in [0.717, 1.165) is 5.56 Å². The van der Waals surface area contributed by atoms with Gasteiger partial charge in [0.1, 0.15) is 22.7 Å². The Morgan fingerprint density at radius 3 is 2.27 bits per heavy atom. The number of halogens is 1. The first-order valence-electron chi connectivity index (χ1n) is 10.5. The number of amides is 1. The fraction of sp³-hybridized carbons (Fsp3) is 0.154. The summed E-state index contributed by atoms with van der Waals surface area (Å²) in [7, 11) is 0. The molecule has 0 radical (unpaired) electrons. The highest BCUT2D eigenvalue weighted by molar-refractivity contribution is 6.11. The van der Waals surface area contributed by atoms with Crippen LogP contribution in [0.4, 0.5) is 14.9 Å². The van der Waals surface area contributed by atoms with Crippen LogP contribution in [0.2, 0.25) is 0 Å². The molecular formula is C26H22FNO5. The number of nitrogens with one attached hydrogen (secondary N) is 1. The molecule has 1 aromatic heterocycles. The van der Waals surface area contributed by atoms with Gasteiger partial charge in [0.2, 0.25) is 0 Å². The molecule has 3 aromatic carbocycles. The van der Waals surface area contributed by atoms with Crippen molar-refractivity contribution in [2.75, 3.05) is 18.5 Å². The Morgan fingerprint density at radius 2 is 1.61 bits per heavy atom. The number of rotatable bonds is 6. The second-order valence-electron chi connectivity index (χ2n) is 7.14. The van der Waals surface area contributed by atoms with Gasteiger partial charge in [-0.05, 0) is 49.7 Å². The highest BCUT2D eigenvalue weighted by atomic mass is 19.1. The first kappa shape index (κ1) is 22.1. The minimum Gasteiger partial charge on any atom is -0.462 e. The van der Waals surface area contributed by atoms with E-state index in [1.54, 1.807) is 26.0 Å². The molecule has 0 saturated carbocycles. The molecule has 6 nitrogen and oxygen atoms in total. The third-order valence-corrected chi connectivity index (χ3v) is 5.01. The minimum absolute atomic E-state index is 0.183. The number of ether oxygens (including phenoxy) is 2. The second kappa shape index (κ2) is 9.56. The number of fused-ring (bicyclic) bond motifs is 1. The van der Waals surface area contributed by atoms with Gasteiger partial charge in [-0.3, -0.25) is 5.32 Å². The summed E-state index contributed by atoms with van der Waals surface area (Å²) in [5, 5.41) is 3.26. The van der Waals surface area contributed by atoms with Crippen molar-refractivity contribution in [1.82, 2.24) is 0 Å². The average Bonchev–Trinajstić information content (AvgIpc) is 3.18. The van der Waals surface area contributed by atoms with Crippen LogP contribution in [-0.4, -0.2) is 25.3 Å². The lowest BCUT2D eigenvalue weighted by atomic mass is 9.99. The van der Waals surface area contributed by atoms with Crippen molar-refractivity contribution in [1.29, 1.82) is 0 Å². The fourth-order valence-corrected chi connectivity index (χ4v) is 3.59. The first-order valence-corrected chi connectivity index (χ1v) is 10.5. The summed E-state index contributed by atoms with van der Waals surface area (Å²) in [5.41, 5.74) is 3.08. The topological polar surface area (TPSA) is 77.8 Å². The van der Waals surface area contributed by atoms with Crippen LogP contribution in [0.25, 0.3) is 33.4 Å². The number of benzene rings is 3. The number of furan rings is 1. The van der Waals surface area contributed by atoms with E-state index in [2.05, 4.69) is 5.32 Å². The largest absolute Gasteiger partial charge is 0.462 e. The zero-order chi connectivity index (χ0) is 23.4. The van der Waals surface area contributed by atoms with Gasteiger partial charge in [0.05, 0.1) is 18.9 Å².